The number of fused-ring (bicyclic) bond motifs is 5. The molecule has 1 heterocycles. The number of phenolic OH excluding ortho intramolecular Hbond substituents is 2. The Kier molecular flexibility index (Phi) is 10.6. The van der Waals surface area contributed by atoms with Gasteiger partial charge in [0, 0.05) is 30.5 Å². The van der Waals surface area contributed by atoms with Gasteiger partial charge < -0.3 is 24.8 Å². The summed E-state index contributed by atoms with van der Waals surface area (Å²) in [6.07, 6.45) is 6.70. The minimum atomic E-state index is -0.833. The second-order valence-corrected chi connectivity index (χ2v) is 7.01. The van der Waals surface area contributed by atoms with Gasteiger partial charge in [-0.1, -0.05) is 24.3 Å². The number of benzene rings is 3. The van der Waals surface area contributed by atoms with E-state index in [2.05, 4.69) is 9.98 Å². The molecule has 0 saturated heterocycles. The molecule has 3 aromatic carbocycles. The van der Waals surface area contributed by atoms with Crippen molar-refractivity contribution >= 4 is 29.8 Å². The predicted molar refractivity (Wildman–Crippen MR) is 131 cm³/mol. The zero-order chi connectivity index (χ0) is 24.3. The molecule has 4 bridgehead atoms. The first-order valence-electron chi connectivity index (χ1n) is 10.4. The normalized spacial score (nSPS) is 12.3. The van der Waals surface area contributed by atoms with Crippen LogP contribution in [0.3, 0.4) is 0 Å². The zero-order valence-electron chi connectivity index (χ0n) is 18.8. The molecule has 0 unspecified atom stereocenters. The molecule has 0 atom stereocenters. The first-order chi connectivity index (χ1) is 16.5. The maximum absolute atomic E-state index is 10.5. The number of aromatic hydroxyl groups is 2. The zero-order valence-corrected chi connectivity index (χ0v) is 20.0. The Bertz CT molecular complexity index is 1150. The van der Waals surface area contributed by atoms with Gasteiger partial charge in [-0.15, -0.1) is 0 Å². The van der Waals surface area contributed by atoms with E-state index in [-0.39, 0.29) is 41.8 Å². The molecule has 1 aliphatic rings. The van der Waals surface area contributed by atoms with Crippen molar-refractivity contribution in [3.05, 3.63) is 83.9 Å². The van der Waals surface area contributed by atoms with Gasteiger partial charge in [0.25, 0.3) is 5.97 Å². The van der Waals surface area contributed by atoms with E-state index in [0.29, 0.717) is 34.0 Å². The molecule has 8 nitrogen and oxygen atoms in total. The molecule has 179 valence electrons. The third-order valence-electron chi connectivity index (χ3n) is 4.46. The number of phenols is 2. The molecule has 0 aromatic heterocycles. The summed E-state index contributed by atoms with van der Waals surface area (Å²) >= 11 is 0. The van der Waals surface area contributed by atoms with E-state index in [4.69, 9.17) is 19.4 Å². The van der Waals surface area contributed by atoms with Crippen molar-refractivity contribution in [2.24, 2.45) is 9.98 Å². The fraction of sp³-hybridized carbons (Fsp3) is 0.115. The van der Waals surface area contributed by atoms with Crippen LogP contribution >= 0.6 is 0 Å². The van der Waals surface area contributed by atoms with Crippen LogP contribution in [-0.2, 0) is 21.9 Å². The summed E-state index contributed by atoms with van der Waals surface area (Å²) in [6, 6.07) is 17.8. The summed E-state index contributed by atoms with van der Waals surface area (Å²) in [5.41, 5.74) is 2.31. The molecule has 1 radical (unpaired) electrons. The van der Waals surface area contributed by atoms with E-state index in [1.54, 1.807) is 61.0 Å². The summed E-state index contributed by atoms with van der Waals surface area (Å²) in [6.45, 7) is 1.61. The molecule has 0 aliphatic carbocycles. The predicted octanol–water partition coefficient (Wildman–Crippen LogP) is 5.01. The molecule has 0 amide bonds. The first kappa shape index (κ1) is 27.2. The van der Waals surface area contributed by atoms with Crippen LogP contribution < -0.4 is 9.47 Å². The number of hydrogen-bond acceptors (Lipinski definition) is 7. The van der Waals surface area contributed by atoms with Crippen molar-refractivity contribution in [2.75, 3.05) is 13.2 Å². The van der Waals surface area contributed by atoms with Gasteiger partial charge in [-0.05, 0) is 48.6 Å². The standard InChI is InChI=1S/C24H20N2O4.C2H4O2.Mn/c27-23-17-7-5-11-21(23)29-13-3-4-14-30-22-12-6-8-18(24(22)28)16-26-20-10-2-1-9-19(20)25-15-17;1-2(3)4;/h1-12,15-16,27-28H,13-14H2;1H3,(H,3,4);/q;;+2. The number of para-hydroxylation sites is 4. The Morgan fingerprint density at radius 1 is 0.743 bits per heavy atom. The second kappa shape index (κ2) is 13.6. The van der Waals surface area contributed by atoms with Crippen LogP contribution in [0.15, 0.2) is 82.8 Å². The summed E-state index contributed by atoms with van der Waals surface area (Å²) in [5.74, 6) is -0.0645. The Balaban J connectivity index is 0.000000804. The molecule has 0 spiro atoms. The van der Waals surface area contributed by atoms with E-state index < -0.39 is 5.97 Å². The molecule has 1 aliphatic heterocycles. The van der Waals surface area contributed by atoms with Crippen LogP contribution in [0.1, 0.15) is 18.1 Å². The number of carboxylic acid groups (broad SMARTS) is 1. The Labute approximate surface area is 213 Å². The number of carbonyl (C=O) groups is 1. The quantitative estimate of drug-likeness (QED) is 0.286. The Morgan fingerprint density at radius 3 is 1.54 bits per heavy atom. The Hall–Kier alpha value is -4.07. The minimum Gasteiger partial charge on any atom is -0.504 e. The van der Waals surface area contributed by atoms with E-state index in [0.717, 1.165) is 6.92 Å². The number of carboxylic acids is 1. The molecule has 4 rings (SSSR count). The summed E-state index contributed by atoms with van der Waals surface area (Å²) < 4.78 is 11.3. The van der Waals surface area contributed by atoms with Crippen LogP contribution in [0.5, 0.6) is 23.0 Å². The van der Waals surface area contributed by atoms with Gasteiger partial charge in [0.15, 0.2) is 23.0 Å². The van der Waals surface area contributed by atoms with Gasteiger partial charge in [0.1, 0.15) is 13.2 Å². The molecule has 35 heavy (non-hydrogen) atoms. The monoisotopic (exact) mass is 515 g/mol. The van der Waals surface area contributed by atoms with E-state index >= 15 is 0 Å². The molecule has 3 aromatic rings. The van der Waals surface area contributed by atoms with Crippen molar-refractivity contribution in [1.29, 1.82) is 0 Å². The summed E-state index contributed by atoms with van der Waals surface area (Å²) in [5, 5.41) is 28.4. The van der Waals surface area contributed by atoms with Crippen molar-refractivity contribution in [3.8, 4) is 23.0 Å². The number of ether oxygens (including phenoxy) is 2. The summed E-state index contributed by atoms with van der Waals surface area (Å²) in [4.78, 5) is 18.0. The molecular weight excluding hydrogens is 491 g/mol. The number of hydrogen-bond donors (Lipinski definition) is 3. The largest absolute Gasteiger partial charge is 2.00 e. The van der Waals surface area contributed by atoms with Gasteiger partial charge in [-0.25, -0.2) is 0 Å². The number of rotatable bonds is 0. The molecular formula is C26H24MnN2O6+2. The third kappa shape index (κ3) is 8.03. The minimum absolute atomic E-state index is 0. The van der Waals surface area contributed by atoms with Crippen molar-refractivity contribution in [3.63, 3.8) is 0 Å². The number of nitrogens with zero attached hydrogens (tertiary/aromatic N) is 2. The smallest absolute Gasteiger partial charge is 0.504 e. The van der Waals surface area contributed by atoms with Gasteiger partial charge in [0.2, 0.25) is 0 Å². The van der Waals surface area contributed by atoms with Gasteiger partial charge in [-0.3, -0.25) is 14.8 Å². The van der Waals surface area contributed by atoms with E-state index in [1.807, 2.05) is 24.3 Å². The maximum atomic E-state index is 10.5. The molecule has 0 saturated carbocycles. The van der Waals surface area contributed by atoms with Gasteiger partial charge >= 0.3 is 17.1 Å². The van der Waals surface area contributed by atoms with E-state index in [1.165, 1.54) is 0 Å². The maximum Gasteiger partial charge on any atom is 2.00 e. The number of aliphatic carboxylic acids is 1. The van der Waals surface area contributed by atoms with Crippen molar-refractivity contribution in [2.45, 2.75) is 6.92 Å². The average Bonchev–Trinajstić information content (AvgIpc) is 2.81. The first-order valence-corrected chi connectivity index (χ1v) is 10.4. The SMILES string of the molecule is CC(=O)O.Oc1c2cccc1OCC=CCOc1cccc(c1O)C=Nc1ccccc1N=C2.[Mn+2]. The molecule has 0 fully saturated rings. The van der Waals surface area contributed by atoms with Crippen molar-refractivity contribution in [1.82, 2.24) is 0 Å². The fourth-order valence-corrected chi connectivity index (χ4v) is 2.89. The summed E-state index contributed by atoms with van der Waals surface area (Å²) in [7, 11) is 0. The second-order valence-electron chi connectivity index (χ2n) is 7.01. The molecule has 3 N–H and O–H groups in total. The van der Waals surface area contributed by atoms with Crippen molar-refractivity contribution < 1.29 is 46.7 Å². The molecule has 9 heteroatoms. The topological polar surface area (TPSA) is 121 Å². The van der Waals surface area contributed by atoms with Crippen LogP contribution in [0.25, 0.3) is 0 Å². The van der Waals surface area contributed by atoms with Crippen LogP contribution in [0.2, 0.25) is 0 Å². The van der Waals surface area contributed by atoms with Crippen LogP contribution in [0, 0.1) is 0 Å². The van der Waals surface area contributed by atoms with Crippen LogP contribution in [-0.4, -0.2) is 46.9 Å². The van der Waals surface area contributed by atoms with Gasteiger partial charge in [-0.2, -0.15) is 0 Å². The Morgan fingerprint density at radius 2 is 1.14 bits per heavy atom. The van der Waals surface area contributed by atoms with E-state index in [9.17, 15) is 10.2 Å². The van der Waals surface area contributed by atoms with Gasteiger partial charge in [0.05, 0.1) is 11.4 Å². The fourth-order valence-electron chi connectivity index (χ4n) is 2.89. The number of aliphatic imine (C=N–C) groups is 2. The third-order valence-corrected chi connectivity index (χ3v) is 4.46. The average molecular weight is 515 g/mol. The van der Waals surface area contributed by atoms with Crippen LogP contribution in [0.4, 0.5) is 11.4 Å².